The van der Waals surface area contributed by atoms with Gasteiger partial charge in [0, 0.05) is 57.1 Å². The standard InChI is InChI=1S/C21H24FN3O/c22-20-6-2-1-5-17(20)11-24-12-18-14-25(15-19(18)13-24)21(26)8-7-16-4-3-9-23-10-16/h1-6,9-10,18-19H,7-8,11-15H2/t18-,19-/m0/s1. The van der Waals surface area contributed by atoms with Gasteiger partial charge in [-0.05, 0) is 36.0 Å². The van der Waals surface area contributed by atoms with Crippen molar-refractivity contribution < 1.29 is 9.18 Å². The van der Waals surface area contributed by atoms with Gasteiger partial charge in [0.1, 0.15) is 5.82 Å². The molecule has 0 saturated carbocycles. The van der Waals surface area contributed by atoms with Crippen molar-refractivity contribution in [2.24, 2.45) is 11.8 Å². The predicted octanol–water partition coefficient (Wildman–Crippen LogP) is 2.74. The Bertz CT molecular complexity index is 753. The molecule has 0 spiro atoms. The van der Waals surface area contributed by atoms with Crippen molar-refractivity contribution in [3.8, 4) is 0 Å². The van der Waals surface area contributed by atoms with Crippen LogP contribution in [0.5, 0.6) is 0 Å². The fraction of sp³-hybridized carbons (Fsp3) is 0.429. The van der Waals surface area contributed by atoms with Crippen molar-refractivity contribution in [1.29, 1.82) is 0 Å². The number of hydrogen-bond acceptors (Lipinski definition) is 3. The summed E-state index contributed by atoms with van der Waals surface area (Å²) in [6.45, 7) is 4.24. The molecule has 1 aromatic carbocycles. The minimum atomic E-state index is -0.128. The van der Waals surface area contributed by atoms with E-state index in [1.807, 2.05) is 35.4 Å². The molecule has 2 saturated heterocycles. The molecule has 5 heteroatoms. The van der Waals surface area contributed by atoms with Crippen LogP contribution in [0.4, 0.5) is 4.39 Å². The molecule has 0 aliphatic carbocycles. The zero-order valence-electron chi connectivity index (χ0n) is 14.9. The second-order valence-corrected chi connectivity index (χ2v) is 7.47. The second kappa shape index (κ2) is 7.54. The Morgan fingerprint density at radius 1 is 1.08 bits per heavy atom. The fourth-order valence-electron chi connectivity index (χ4n) is 4.25. The molecular weight excluding hydrogens is 329 g/mol. The number of rotatable bonds is 5. The van der Waals surface area contributed by atoms with Crippen LogP contribution in [-0.4, -0.2) is 46.9 Å². The predicted molar refractivity (Wildman–Crippen MR) is 97.8 cm³/mol. The summed E-state index contributed by atoms with van der Waals surface area (Å²) in [6, 6.07) is 10.9. The normalized spacial score (nSPS) is 22.6. The SMILES string of the molecule is O=C(CCc1cccnc1)N1C[C@@H]2CN(Cc3ccccc3F)C[C@H]2C1. The summed E-state index contributed by atoms with van der Waals surface area (Å²) in [5.41, 5.74) is 1.87. The molecule has 26 heavy (non-hydrogen) atoms. The molecule has 2 fully saturated rings. The molecule has 2 aliphatic rings. The lowest BCUT2D eigenvalue weighted by atomic mass is 10.0. The largest absolute Gasteiger partial charge is 0.342 e. The Morgan fingerprint density at radius 3 is 2.54 bits per heavy atom. The summed E-state index contributed by atoms with van der Waals surface area (Å²) in [5, 5.41) is 0. The van der Waals surface area contributed by atoms with Crippen LogP contribution in [0.3, 0.4) is 0 Å². The minimum Gasteiger partial charge on any atom is -0.342 e. The van der Waals surface area contributed by atoms with E-state index in [0.29, 0.717) is 24.8 Å². The van der Waals surface area contributed by atoms with E-state index in [-0.39, 0.29) is 11.7 Å². The average Bonchev–Trinajstić information content (AvgIpc) is 3.21. The second-order valence-electron chi connectivity index (χ2n) is 7.47. The molecule has 2 aromatic rings. The van der Waals surface area contributed by atoms with Gasteiger partial charge in [0.15, 0.2) is 0 Å². The molecule has 2 atom stereocenters. The van der Waals surface area contributed by atoms with Gasteiger partial charge in [0.2, 0.25) is 5.91 Å². The number of aromatic nitrogens is 1. The van der Waals surface area contributed by atoms with Gasteiger partial charge in [-0.15, -0.1) is 0 Å². The number of aryl methyl sites for hydroxylation is 1. The first-order valence-electron chi connectivity index (χ1n) is 9.31. The number of hydrogen-bond donors (Lipinski definition) is 0. The summed E-state index contributed by atoms with van der Waals surface area (Å²) in [6.07, 6.45) is 4.87. The summed E-state index contributed by atoms with van der Waals surface area (Å²) in [4.78, 5) is 21.0. The molecule has 136 valence electrons. The molecule has 0 N–H and O–H groups in total. The van der Waals surface area contributed by atoms with Gasteiger partial charge >= 0.3 is 0 Å². The summed E-state index contributed by atoms with van der Waals surface area (Å²) in [5.74, 6) is 1.15. The molecule has 0 unspecified atom stereocenters. The highest BCUT2D eigenvalue weighted by molar-refractivity contribution is 5.76. The van der Waals surface area contributed by atoms with E-state index in [2.05, 4.69) is 9.88 Å². The van der Waals surface area contributed by atoms with E-state index in [1.54, 1.807) is 12.3 Å². The molecule has 1 aromatic heterocycles. The summed E-state index contributed by atoms with van der Waals surface area (Å²) < 4.78 is 13.8. The maximum Gasteiger partial charge on any atom is 0.222 e. The van der Waals surface area contributed by atoms with Crippen LogP contribution in [0, 0.1) is 17.7 Å². The van der Waals surface area contributed by atoms with E-state index in [0.717, 1.165) is 43.7 Å². The van der Waals surface area contributed by atoms with E-state index < -0.39 is 0 Å². The number of halogens is 1. The highest BCUT2D eigenvalue weighted by Gasteiger charge is 2.41. The zero-order chi connectivity index (χ0) is 17.9. The lowest BCUT2D eigenvalue weighted by molar-refractivity contribution is -0.130. The summed E-state index contributed by atoms with van der Waals surface area (Å²) in [7, 11) is 0. The highest BCUT2D eigenvalue weighted by atomic mass is 19.1. The van der Waals surface area contributed by atoms with Crippen LogP contribution < -0.4 is 0 Å². The van der Waals surface area contributed by atoms with Crippen molar-refractivity contribution in [3.63, 3.8) is 0 Å². The molecule has 4 rings (SSSR count). The van der Waals surface area contributed by atoms with Gasteiger partial charge in [-0.2, -0.15) is 0 Å². The monoisotopic (exact) mass is 353 g/mol. The summed E-state index contributed by atoms with van der Waals surface area (Å²) >= 11 is 0. The number of carbonyl (C=O) groups is 1. The van der Waals surface area contributed by atoms with Crippen LogP contribution in [0.2, 0.25) is 0 Å². The van der Waals surface area contributed by atoms with Gasteiger partial charge in [-0.3, -0.25) is 14.7 Å². The number of carbonyl (C=O) groups excluding carboxylic acids is 1. The molecule has 3 heterocycles. The fourth-order valence-corrected chi connectivity index (χ4v) is 4.25. The Morgan fingerprint density at radius 2 is 1.85 bits per heavy atom. The van der Waals surface area contributed by atoms with Gasteiger partial charge in [-0.1, -0.05) is 24.3 Å². The lowest BCUT2D eigenvalue weighted by Crippen LogP contribution is -2.33. The minimum absolute atomic E-state index is 0.128. The smallest absolute Gasteiger partial charge is 0.222 e. The van der Waals surface area contributed by atoms with Gasteiger partial charge in [-0.25, -0.2) is 4.39 Å². The maximum absolute atomic E-state index is 13.8. The number of amides is 1. The van der Waals surface area contributed by atoms with Crippen molar-refractivity contribution in [2.45, 2.75) is 19.4 Å². The molecule has 1 amide bonds. The number of benzene rings is 1. The maximum atomic E-state index is 13.8. The molecule has 0 bridgehead atoms. The van der Waals surface area contributed by atoms with Crippen LogP contribution in [0.1, 0.15) is 17.5 Å². The van der Waals surface area contributed by atoms with Crippen molar-refractivity contribution in [2.75, 3.05) is 26.2 Å². The Labute approximate surface area is 153 Å². The zero-order valence-corrected chi connectivity index (χ0v) is 14.9. The Hall–Kier alpha value is -2.27. The molecule has 0 radical (unpaired) electrons. The van der Waals surface area contributed by atoms with Crippen molar-refractivity contribution >= 4 is 5.91 Å². The van der Waals surface area contributed by atoms with E-state index in [4.69, 9.17) is 0 Å². The topological polar surface area (TPSA) is 36.4 Å². The third-order valence-electron chi connectivity index (χ3n) is 5.62. The first-order chi connectivity index (χ1) is 12.7. The van der Waals surface area contributed by atoms with E-state index >= 15 is 0 Å². The van der Waals surface area contributed by atoms with E-state index in [1.165, 1.54) is 6.07 Å². The lowest BCUT2D eigenvalue weighted by Gasteiger charge is -2.22. The van der Waals surface area contributed by atoms with Crippen molar-refractivity contribution in [3.05, 3.63) is 65.7 Å². The van der Waals surface area contributed by atoms with E-state index in [9.17, 15) is 9.18 Å². The number of nitrogens with zero attached hydrogens (tertiary/aromatic N) is 3. The van der Waals surface area contributed by atoms with Crippen molar-refractivity contribution in [1.82, 2.24) is 14.8 Å². The van der Waals surface area contributed by atoms with Crippen LogP contribution >= 0.6 is 0 Å². The first kappa shape index (κ1) is 17.2. The molecule has 4 nitrogen and oxygen atoms in total. The third kappa shape index (κ3) is 3.78. The van der Waals surface area contributed by atoms with Crippen LogP contribution in [0.25, 0.3) is 0 Å². The Kier molecular flexibility index (Phi) is 4.98. The number of pyridine rings is 1. The highest BCUT2D eigenvalue weighted by Crippen LogP contribution is 2.32. The number of likely N-dealkylation sites (tertiary alicyclic amines) is 2. The van der Waals surface area contributed by atoms with Crippen LogP contribution in [0.15, 0.2) is 48.8 Å². The Balaban J connectivity index is 1.27. The number of fused-ring (bicyclic) bond motifs is 1. The van der Waals surface area contributed by atoms with Gasteiger partial charge < -0.3 is 4.90 Å². The molecule has 2 aliphatic heterocycles. The molecular formula is C21H24FN3O. The van der Waals surface area contributed by atoms with Gasteiger partial charge in [0.05, 0.1) is 0 Å². The average molecular weight is 353 g/mol. The third-order valence-corrected chi connectivity index (χ3v) is 5.62. The first-order valence-corrected chi connectivity index (χ1v) is 9.31. The van der Waals surface area contributed by atoms with Gasteiger partial charge in [0.25, 0.3) is 0 Å². The quantitative estimate of drug-likeness (QED) is 0.829. The van der Waals surface area contributed by atoms with Crippen LogP contribution in [-0.2, 0) is 17.8 Å².